The Morgan fingerprint density at radius 2 is 2.05 bits per heavy atom. The predicted molar refractivity (Wildman–Crippen MR) is 84.7 cm³/mol. The van der Waals surface area contributed by atoms with E-state index >= 15 is 0 Å². The molecule has 0 atom stereocenters. The third-order valence-electron chi connectivity index (χ3n) is 2.57. The number of hydrogen-bond acceptors (Lipinski definition) is 3. The summed E-state index contributed by atoms with van der Waals surface area (Å²) in [4.78, 5) is 1.32. The second-order valence-electron chi connectivity index (χ2n) is 4.02. The van der Waals surface area contributed by atoms with E-state index in [2.05, 4.69) is 46.0 Å². The van der Waals surface area contributed by atoms with Gasteiger partial charge in [-0.2, -0.15) is 0 Å². The summed E-state index contributed by atoms with van der Waals surface area (Å²) in [5.41, 5.74) is 1.17. The first-order valence-electron chi connectivity index (χ1n) is 6.06. The van der Waals surface area contributed by atoms with Crippen molar-refractivity contribution >= 4 is 27.3 Å². The normalized spacial score (nSPS) is 10.4. The molecule has 100 valence electrons. The number of thiophene rings is 1. The van der Waals surface area contributed by atoms with Gasteiger partial charge in [-0.1, -0.05) is 30.9 Å². The molecule has 0 aliphatic heterocycles. The van der Waals surface area contributed by atoms with E-state index in [9.17, 15) is 0 Å². The van der Waals surface area contributed by atoms with Gasteiger partial charge in [0.15, 0.2) is 0 Å². The fourth-order valence-corrected chi connectivity index (χ4v) is 3.16. The van der Waals surface area contributed by atoms with Crippen molar-refractivity contribution < 1.29 is 4.74 Å². The maximum Gasteiger partial charge on any atom is 0.124 e. The molecule has 1 aromatic carbocycles. The highest BCUT2D eigenvalue weighted by Crippen LogP contribution is 2.22. The third-order valence-corrected chi connectivity index (χ3v) is 4.20. The Bertz CT molecular complexity index is 538. The third kappa shape index (κ3) is 4.49. The van der Waals surface area contributed by atoms with Gasteiger partial charge < -0.3 is 10.1 Å². The maximum atomic E-state index is 5.63. The maximum absolute atomic E-state index is 5.63. The summed E-state index contributed by atoms with van der Waals surface area (Å²) < 4.78 is 6.80. The van der Waals surface area contributed by atoms with E-state index in [1.165, 1.54) is 14.2 Å². The van der Waals surface area contributed by atoms with Gasteiger partial charge in [0.25, 0.3) is 0 Å². The molecule has 1 aromatic heterocycles. The first kappa shape index (κ1) is 14.3. The Labute approximate surface area is 126 Å². The zero-order chi connectivity index (χ0) is 13.5. The van der Waals surface area contributed by atoms with Crippen LogP contribution >= 0.6 is 27.3 Å². The van der Waals surface area contributed by atoms with Gasteiger partial charge in [0.05, 0.1) is 3.79 Å². The SMILES string of the molecule is C=CCOc1ccccc1CNCc1ccc(Br)s1. The molecule has 0 fully saturated rings. The lowest BCUT2D eigenvalue weighted by Crippen LogP contribution is -2.12. The monoisotopic (exact) mass is 337 g/mol. The lowest BCUT2D eigenvalue weighted by Gasteiger charge is -2.10. The van der Waals surface area contributed by atoms with Crippen LogP contribution in [0.4, 0.5) is 0 Å². The Morgan fingerprint density at radius 1 is 1.21 bits per heavy atom. The summed E-state index contributed by atoms with van der Waals surface area (Å²) in [5.74, 6) is 0.919. The number of ether oxygens (including phenoxy) is 1. The van der Waals surface area contributed by atoms with Crippen molar-refractivity contribution in [2.75, 3.05) is 6.61 Å². The zero-order valence-electron chi connectivity index (χ0n) is 10.6. The minimum absolute atomic E-state index is 0.537. The van der Waals surface area contributed by atoms with Crippen molar-refractivity contribution in [1.82, 2.24) is 5.32 Å². The minimum atomic E-state index is 0.537. The summed E-state index contributed by atoms with van der Waals surface area (Å²) in [6.45, 7) is 5.86. The Balaban J connectivity index is 1.89. The van der Waals surface area contributed by atoms with Crippen molar-refractivity contribution in [2.24, 2.45) is 0 Å². The molecule has 1 N–H and O–H groups in total. The molecule has 19 heavy (non-hydrogen) atoms. The second kappa shape index (κ2) is 7.48. The smallest absolute Gasteiger partial charge is 0.124 e. The summed E-state index contributed by atoms with van der Waals surface area (Å²) in [6, 6.07) is 12.3. The number of benzene rings is 1. The number of nitrogens with one attached hydrogen (secondary N) is 1. The predicted octanol–water partition coefficient (Wildman–Crippen LogP) is 4.37. The molecule has 0 saturated carbocycles. The van der Waals surface area contributed by atoms with Crippen molar-refractivity contribution in [2.45, 2.75) is 13.1 Å². The molecule has 2 rings (SSSR count). The highest BCUT2D eigenvalue weighted by atomic mass is 79.9. The molecular weight excluding hydrogens is 322 g/mol. The van der Waals surface area contributed by atoms with E-state index in [0.29, 0.717) is 6.61 Å². The van der Waals surface area contributed by atoms with Gasteiger partial charge in [-0.05, 0) is 34.1 Å². The summed E-state index contributed by atoms with van der Waals surface area (Å²) >= 11 is 5.22. The average Bonchev–Trinajstić information content (AvgIpc) is 2.83. The highest BCUT2D eigenvalue weighted by molar-refractivity contribution is 9.11. The molecule has 0 aliphatic carbocycles. The molecule has 0 aliphatic rings. The molecule has 0 spiro atoms. The number of para-hydroxylation sites is 1. The van der Waals surface area contributed by atoms with E-state index < -0.39 is 0 Å². The molecule has 2 aromatic rings. The first-order valence-corrected chi connectivity index (χ1v) is 7.67. The standard InChI is InChI=1S/C15H16BrNOS/c1-2-9-18-14-6-4-3-5-12(14)10-17-11-13-7-8-15(16)19-13/h2-8,17H,1,9-11H2. The van der Waals surface area contributed by atoms with Gasteiger partial charge in [-0.3, -0.25) is 0 Å². The summed E-state index contributed by atoms with van der Waals surface area (Å²) in [6.07, 6.45) is 1.76. The quantitative estimate of drug-likeness (QED) is 0.757. The van der Waals surface area contributed by atoms with Crippen LogP contribution in [0.2, 0.25) is 0 Å². The molecule has 0 bridgehead atoms. The van der Waals surface area contributed by atoms with Crippen LogP contribution in [0.15, 0.2) is 52.8 Å². The van der Waals surface area contributed by atoms with E-state index in [1.807, 2.05) is 18.2 Å². The first-order chi connectivity index (χ1) is 9.29. The number of halogens is 1. The number of hydrogen-bond donors (Lipinski definition) is 1. The second-order valence-corrected chi connectivity index (χ2v) is 6.56. The molecule has 4 heteroatoms. The molecular formula is C15H16BrNOS. The van der Waals surface area contributed by atoms with Crippen LogP contribution in [-0.4, -0.2) is 6.61 Å². The Kier molecular flexibility index (Phi) is 5.63. The lowest BCUT2D eigenvalue weighted by atomic mass is 10.2. The van der Waals surface area contributed by atoms with Gasteiger partial charge in [-0.15, -0.1) is 11.3 Å². The van der Waals surface area contributed by atoms with E-state index in [4.69, 9.17) is 4.74 Å². The highest BCUT2D eigenvalue weighted by Gasteiger charge is 2.03. The fraction of sp³-hybridized carbons (Fsp3) is 0.200. The van der Waals surface area contributed by atoms with Crippen LogP contribution in [0.3, 0.4) is 0 Å². The Hall–Kier alpha value is -1.10. The average molecular weight is 338 g/mol. The van der Waals surface area contributed by atoms with Gasteiger partial charge >= 0.3 is 0 Å². The van der Waals surface area contributed by atoms with E-state index in [0.717, 1.165) is 18.8 Å². The molecule has 1 heterocycles. The largest absolute Gasteiger partial charge is 0.489 e. The topological polar surface area (TPSA) is 21.3 Å². The van der Waals surface area contributed by atoms with Crippen LogP contribution in [0, 0.1) is 0 Å². The van der Waals surface area contributed by atoms with Crippen molar-refractivity contribution in [3.05, 3.63) is 63.3 Å². The van der Waals surface area contributed by atoms with Crippen LogP contribution < -0.4 is 10.1 Å². The van der Waals surface area contributed by atoms with Crippen molar-refractivity contribution in [1.29, 1.82) is 0 Å². The molecule has 0 radical (unpaired) electrons. The van der Waals surface area contributed by atoms with E-state index in [1.54, 1.807) is 17.4 Å². The van der Waals surface area contributed by atoms with Gasteiger partial charge in [0.1, 0.15) is 12.4 Å². The van der Waals surface area contributed by atoms with Gasteiger partial charge in [0.2, 0.25) is 0 Å². The zero-order valence-corrected chi connectivity index (χ0v) is 13.0. The number of rotatable bonds is 7. The summed E-state index contributed by atoms with van der Waals surface area (Å²) in [5, 5.41) is 3.43. The van der Waals surface area contributed by atoms with Crippen LogP contribution in [-0.2, 0) is 13.1 Å². The Morgan fingerprint density at radius 3 is 2.79 bits per heavy atom. The molecule has 0 saturated heterocycles. The molecule has 2 nitrogen and oxygen atoms in total. The molecule has 0 amide bonds. The van der Waals surface area contributed by atoms with Crippen LogP contribution in [0.1, 0.15) is 10.4 Å². The van der Waals surface area contributed by atoms with Crippen LogP contribution in [0.5, 0.6) is 5.75 Å². The van der Waals surface area contributed by atoms with Crippen molar-refractivity contribution in [3.8, 4) is 5.75 Å². The van der Waals surface area contributed by atoms with Gasteiger partial charge in [0, 0.05) is 23.5 Å². The molecule has 0 unspecified atom stereocenters. The van der Waals surface area contributed by atoms with E-state index in [-0.39, 0.29) is 0 Å². The lowest BCUT2D eigenvalue weighted by molar-refractivity contribution is 0.358. The van der Waals surface area contributed by atoms with Crippen LogP contribution in [0.25, 0.3) is 0 Å². The fourth-order valence-electron chi connectivity index (χ4n) is 1.71. The van der Waals surface area contributed by atoms with Gasteiger partial charge in [-0.25, -0.2) is 0 Å². The van der Waals surface area contributed by atoms with Crippen molar-refractivity contribution in [3.63, 3.8) is 0 Å². The minimum Gasteiger partial charge on any atom is -0.489 e. The summed E-state index contributed by atoms with van der Waals surface area (Å²) in [7, 11) is 0.